The Morgan fingerprint density at radius 3 is 2.88 bits per heavy atom. The number of nitrogens with one attached hydrogen (secondary N) is 1. The third-order valence-corrected chi connectivity index (χ3v) is 2.77. The molecule has 1 aromatic rings. The molecule has 1 fully saturated rings. The molecule has 1 unspecified atom stereocenters. The number of allylic oxidation sites excluding steroid dienone is 2. The van der Waals surface area contributed by atoms with E-state index in [-0.39, 0.29) is 5.82 Å². The van der Waals surface area contributed by atoms with Crippen molar-refractivity contribution in [2.45, 2.75) is 19.9 Å². The fourth-order valence-electron chi connectivity index (χ4n) is 1.80. The molecule has 1 saturated heterocycles. The van der Waals surface area contributed by atoms with Crippen LogP contribution in [0.5, 0.6) is 0 Å². The van der Waals surface area contributed by atoms with Crippen LogP contribution in [-0.2, 0) is 0 Å². The lowest BCUT2D eigenvalue weighted by atomic mass is 10.1. The number of aryl methyl sites for hydroxylation is 1. The number of fused-ring (bicyclic) bond motifs is 1. The van der Waals surface area contributed by atoms with Gasteiger partial charge >= 0.3 is 0 Å². The first-order valence-electron chi connectivity index (χ1n) is 8.55. The van der Waals surface area contributed by atoms with Crippen molar-refractivity contribution in [2.24, 2.45) is 0 Å². The zero-order valence-electron chi connectivity index (χ0n) is 15.9. The lowest BCUT2D eigenvalue weighted by molar-refractivity contribution is 0.410. The standard InChI is InChI=1S/C15H18N2/c1-11-3-6-13(7-4-11)14-10-17-9-12(2)5-8-15(17)16-14/h3-8,14,16H,9-10H2,1-2H3/i9D2,10D2,14D/hD. The van der Waals surface area contributed by atoms with Crippen molar-refractivity contribution in [3.8, 4) is 0 Å². The van der Waals surface area contributed by atoms with Gasteiger partial charge in [-0.25, -0.2) is 0 Å². The largest absolute Gasteiger partial charge is 0.363 e. The lowest BCUT2D eigenvalue weighted by Gasteiger charge is -2.21. The van der Waals surface area contributed by atoms with Crippen LogP contribution < -0.4 is 5.31 Å². The van der Waals surface area contributed by atoms with E-state index < -0.39 is 19.0 Å². The summed E-state index contributed by atoms with van der Waals surface area (Å²) in [6, 6.07) is 4.70. The number of hydrogen-bond acceptors (Lipinski definition) is 2. The van der Waals surface area contributed by atoms with E-state index in [1.54, 1.807) is 31.2 Å². The molecule has 0 saturated carbocycles. The molecular weight excluding hydrogens is 208 g/mol. The van der Waals surface area contributed by atoms with Gasteiger partial charge in [0, 0.05) is 13.0 Å². The molecule has 2 nitrogen and oxygen atoms in total. The molecule has 0 aromatic heterocycles. The summed E-state index contributed by atoms with van der Waals surface area (Å²) >= 11 is 0. The molecule has 1 N–H and O–H groups in total. The first-order chi connectivity index (χ1) is 10.5. The highest BCUT2D eigenvalue weighted by Crippen LogP contribution is 2.27. The van der Waals surface area contributed by atoms with Crippen LogP contribution in [0.2, 0.25) is 1.41 Å². The van der Waals surface area contributed by atoms with Gasteiger partial charge in [-0.1, -0.05) is 41.5 Å². The Hall–Kier alpha value is -1.70. The maximum atomic E-state index is 8.73. The molecule has 2 aliphatic heterocycles. The van der Waals surface area contributed by atoms with Crippen LogP contribution in [0.15, 0.2) is 47.8 Å². The van der Waals surface area contributed by atoms with Crippen LogP contribution in [0.3, 0.4) is 0 Å². The van der Waals surface area contributed by atoms with Crippen LogP contribution >= 0.6 is 0 Å². The van der Waals surface area contributed by atoms with Gasteiger partial charge in [-0.15, -0.1) is 0 Å². The van der Waals surface area contributed by atoms with E-state index >= 15 is 0 Å². The van der Waals surface area contributed by atoms with Gasteiger partial charge in [0.1, 0.15) is 5.82 Å². The molecule has 1 aromatic carbocycles. The third kappa shape index (κ3) is 1.95. The molecule has 2 aliphatic rings. The normalized spacial score (nSPS) is 38.7. The Morgan fingerprint density at radius 1 is 1.35 bits per heavy atom. The highest BCUT2D eigenvalue weighted by molar-refractivity contribution is 5.31. The minimum Gasteiger partial charge on any atom is -0.363 e. The molecule has 17 heavy (non-hydrogen) atoms. The van der Waals surface area contributed by atoms with E-state index in [2.05, 4.69) is 0 Å². The van der Waals surface area contributed by atoms with Gasteiger partial charge in [-0.2, -0.15) is 0 Å². The van der Waals surface area contributed by atoms with Crippen LogP contribution in [-0.4, -0.2) is 17.9 Å². The molecule has 1 atom stereocenters. The molecule has 0 radical (unpaired) electrons. The van der Waals surface area contributed by atoms with E-state index in [0.717, 1.165) is 15.8 Å². The number of nitrogens with zero attached hydrogens (tertiary/aromatic N) is 1. The summed E-state index contributed by atoms with van der Waals surface area (Å²) < 4.78 is 50.4. The van der Waals surface area contributed by atoms with Crippen molar-refractivity contribution in [1.82, 2.24) is 10.2 Å². The number of hydrogen-bond donors (Lipinski definition) is 1. The average Bonchev–Trinajstić information content (AvgIpc) is 2.63. The zero-order chi connectivity index (χ0) is 17.2. The number of rotatable bonds is 1. The van der Waals surface area contributed by atoms with Crippen LogP contribution in [0.4, 0.5) is 0 Å². The van der Waals surface area contributed by atoms with E-state index in [9.17, 15) is 0 Å². The second kappa shape index (κ2) is 3.95. The summed E-state index contributed by atoms with van der Waals surface area (Å²) in [6.07, 6.45) is 3.02. The van der Waals surface area contributed by atoms with Crippen LogP contribution in [0.25, 0.3) is 0 Å². The van der Waals surface area contributed by atoms with Crippen LogP contribution in [0.1, 0.15) is 30.9 Å². The van der Waals surface area contributed by atoms with Crippen molar-refractivity contribution in [3.63, 3.8) is 0 Å². The Kier molecular flexibility index (Phi) is 1.34. The first-order valence-corrected chi connectivity index (χ1v) is 5.60. The molecule has 2 heteroatoms. The predicted molar refractivity (Wildman–Crippen MR) is 70.5 cm³/mol. The summed E-state index contributed by atoms with van der Waals surface area (Å²) in [6.45, 7) is -1.05. The molecule has 2 heterocycles. The third-order valence-electron chi connectivity index (χ3n) is 2.77. The Balaban J connectivity index is 2.21. The lowest BCUT2D eigenvalue weighted by Crippen LogP contribution is -2.24. The quantitative estimate of drug-likeness (QED) is 0.801. The Morgan fingerprint density at radius 2 is 2.12 bits per heavy atom. The van der Waals surface area contributed by atoms with Gasteiger partial charge in [0.25, 0.3) is 0 Å². The SMILES string of the molecule is [2H]N1C2=CC=C(C)C([2H])([2H])N2C([2H])([2H])C1([2H])c1ccc(C)cc1. The fourth-order valence-corrected chi connectivity index (χ4v) is 1.80. The molecule has 0 bridgehead atoms. The second-order valence-corrected chi connectivity index (χ2v) is 4.26. The molecule has 0 amide bonds. The maximum absolute atomic E-state index is 8.73. The Labute approximate surface area is 111 Å². The fraction of sp³-hybridized carbons (Fsp3) is 0.333. The zero-order valence-corrected chi connectivity index (χ0v) is 9.86. The molecule has 3 rings (SSSR count). The van der Waals surface area contributed by atoms with E-state index in [4.69, 9.17) is 8.27 Å². The minimum atomic E-state index is -2.42. The second-order valence-electron chi connectivity index (χ2n) is 4.26. The minimum absolute atomic E-state index is 0.0428. The molecular formula is C15H18N2. The van der Waals surface area contributed by atoms with E-state index in [0.29, 0.717) is 11.1 Å². The van der Waals surface area contributed by atoms with E-state index in [1.165, 1.54) is 12.2 Å². The van der Waals surface area contributed by atoms with E-state index in [1.807, 2.05) is 6.92 Å². The first kappa shape index (κ1) is 5.76. The van der Waals surface area contributed by atoms with Crippen LogP contribution in [0, 0.1) is 6.92 Å². The summed E-state index contributed by atoms with van der Waals surface area (Å²) in [5.74, 6) is 0.0428. The smallest absolute Gasteiger partial charge is 0.162 e. The summed E-state index contributed by atoms with van der Waals surface area (Å²) in [4.78, 5) is 0.898. The average molecular weight is 232 g/mol. The predicted octanol–water partition coefficient (Wildman–Crippen LogP) is 2.74. The van der Waals surface area contributed by atoms with Gasteiger partial charge in [0.05, 0.1) is 12.9 Å². The summed E-state index contributed by atoms with van der Waals surface area (Å²) in [7, 11) is 0. The van der Waals surface area contributed by atoms with Crippen molar-refractivity contribution < 1.29 is 8.27 Å². The Bertz CT molecular complexity index is 709. The van der Waals surface area contributed by atoms with Gasteiger partial charge in [-0.05, 0) is 25.5 Å². The number of benzene rings is 1. The van der Waals surface area contributed by atoms with Crippen molar-refractivity contribution in [1.29, 1.82) is 0 Å². The summed E-state index contributed by atoms with van der Waals surface area (Å²) in [5.41, 5.74) is 1.62. The molecule has 0 aliphatic carbocycles. The molecule has 0 spiro atoms. The summed E-state index contributed by atoms with van der Waals surface area (Å²) in [5, 5.41) is 0.762. The highest BCUT2D eigenvalue weighted by atomic mass is 15.3. The van der Waals surface area contributed by atoms with Gasteiger partial charge < -0.3 is 10.2 Å². The monoisotopic (exact) mass is 232 g/mol. The van der Waals surface area contributed by atoms with Gasteiger partial charge in [0.2, 0.25) is 0 Å². The topological polar surface area (TPSA) is 15.3 Å². The van der Waals surface area contributed by atoms with Crippen molar-refractivity contribution in [3.05, 3.63) is 58.9 Å². The molecule has 88 valence electrons. The van der Waals surface area contributed by atoms with Crippen molar-refractivity contribution in [2.75, 3.05) is 13.0 Å². The van der Waals surface area contributed by atoms with Gasteiger partial charge in [0.15, 0.2) is 1.41 Å². The van der Waals surface area contributed by atoms with Gasteiger partial charge in [-0.3, -0.25) is 0 Å². The maximum Gasteiger partial charge on any atom is 0.162 e. The van der Waals surface area contributed by atoms with Crippen molar-refractivity contribution >= 4 is 0 Å². The highest BCUT2D eigenvalue weighted by Gasteiger charge is 2.27.